The van der Waals surface area contributed by atoms with Crippen LogP contribution in [0.25, 0.3) is 0 Å². The van der Waals surface area contributed by atoms with Gasteiger partial charge in [-0.3, -0.25) is 4.90 Å². The van der Waals surface area contributed by atoms with Gasteiger partial charge in [-0.25, -0.2) is 0 Å². The number of hydrogen-bond donors (Lipinski definition) is 1. The van der Waals surface area contributed by atoms with Crippen LogP contribution in [0.1, 0.15) is 38.2 Å². The zero-order chi connectivity index (χ0) is 13.7. The SMILES string of the molecule is CCCNCc1ccc(CN(C)C2CCOC2C)o1. The van der Waals surface area contributed by atoms with Crippen molar-refractivity contribution in [3.8, 4) is 0 Å². The third kappa shape index (κ3) is 4.06. The highest BCUT2D eigenvalue weighted by molar-refractivity contribution is 5.07. The maximum atomic E-state index is 5.85. The van der Waals surface area contributed by atoms with E-state index in [0.29, 0.717) is 12.1 Å². The number of rotatable bonds is 7. The molecule has 4 heteroatoms. The van der Waals surface area contributed by atoms with Crippen LogP contribution in [0.5, 0.6) is 0 Å². The Morgan fingerprint density at radius 3 is 2.84 bits per heavy atom. The summed E-state index contributed by atoms with van der Waals surface area (Å²) < 4.78 is 11.5. The Hall–Kier alpha value is -0.840. The fourth-order valence-electron chi connectivity index (χ4n) is 2.65. The van der Waals surface area contributed by atoms with Gasteiger partial charge in [-0.15, -0.1) is 0 Å². The second-order valence-corrected chi connectivity index (χ2v) is 5.39. The summed E-state index contributed by atoms with van der Waals surface area (Å²) in [5, 5.41) is 3.35. The lowest BCUT2D eigenvalue weighted by atomic mass is 10.1. The van der Waals surface area contributed by atoms with E-state index in [-0.39, 0.29) is 0 Å². The highest BCUT2D eigenvalue weighted by atomic mass is 16.5. The molecule has 0 saturated carbocycles. The fraction of sp³-hybridized carbons (Fsp3) is 0.733. The summed E-state index contributed by atoms with van der Waals surface area (Å²) in [5.74, 6) is 2.06. The molecule has 0 amide bonds. The first-order valence-corrected chi connectivity index (χ1v) is 7.31. The smallest absolute Gasteiger partial charge is 0.118 e. The number of hydrogen-bond acceptors (Lipinski definition) is 4. The number of nitrogens with zero attached hydrogens (tertiary/aromatic N) is 1. The largest absolute Gasteiger partial charge is 0.463 e. The Balaban J connectivity index is 1.82. The maximum Gasteiger partial charge on any atom is 0.118 e. The zero-order valence-electron chi connectivity index (χ0n) is 12.3. The van der Waals surface area contributed by atoms with E-state index in [1.54, 1.807) is 0 Å². The Kier molecular flexibility index (Phi) is 5.43. The topological polar surface area (TPSA) is 37.6 Å². The Labute approximate surface area is 116 Å². The van der Waals surface area contributed by atoms with E-state index in [1.807, 2.05) is 0 Å². The molecule has 0 aromatic carbocycles. The first-order chi connectivity index (χ1) is 9.20. The van der Waals surface area contributed by atoms with Gasteiger partial charge in [0.15, 0.2) is 0 Å². The molecule has 2 atom stereocenters. The van der Waals surface area contributed by atoms with Crippen molar-refractivity contribution >= 4 is 0 Å². The van der Waals surface area contributed by atoms with Crippen molar-refractivity contribution in [1.82, 2.24) is 10.2 Å². The molecular formula is C15H26N2O2. The van der Waals surface area contributed by atoms with Gasteiger partial charge in [-0.1, -0.05) is 6.92 Å². The average molecular weight is 266 g/mol. The molecule has 4 nitrogen and oxygen atoms in total. The van der Waals surface area contributed by atoms with Crippen molar-refractivity contribution in [1.29, 1.82) is 0 Å². The van der Waals surface area contributed by atoms with Gasteiger partial charge in [-0.05, 0) is 45.5 Å². The molecular weight excluding hydrogens is 240 g/mol. The van der Waals surface area contributed by atoms with E-state index in [2.05, 4.69) is 43.2 Å². The Bertz CT molecular complexity index is 378. The second kappa shape index (κ2) is 7.08. The van der Waals surface area contributed by atoms with E-state index < -0.39 is 0 Å². The molecule has 1 aromatic rings. The van der Waals surface area contributed by atoms with Crippen LogP contribution in [0.3, 0.4) is 0 Å². The van der Waals surface area contributed by atoms with E-state index in [1.165, 1.54) is 0 Å². The lowest BCUT2D eigenvalue weighted by molar-refractivity contribution is 0.0790. The van der Waals surface area contributed by atoms with E-state index in [4.69, 9.17) is 9.15 Å². The van der Waals surface area contributed by atoms with Crippen molar-refractivity contribution in [2.24, 2.45) is 0 Å². The fourth-order valence-corrected chi connectivity index (χ4v) is 2.65. The molecule has 19 heavy (non-hydrogen) atoms. The summed E-state index contributed by atoms with van der Waals surface area (Å²) in [6, 6.07) is 4.66. The van der Waals surface area contributed by atoms with Crippen LogP contribution in [0.2, 0.25) is 0 Å². The predicted octanol–water partition coefficient (Wildman–Crippen LogP) is 2.39. The third-order valence-electron chi connectivity index (χ3n) is 3.75. The molecule has 0 bridgehead atoms. The highest BCUT2D eigenvalue weighted by Crippen LogP contribution is 2.20. The van der Waals surface area contributed by atoms with Gasteiger partial charge < -0.3 is 14.5 Å². The zero-order valence-corrected chi connectivity index (χ0v) is 12.3. The van der Waals surface area contributed by atoms with Crippen molar-refractivity contribution in [3.05, 3.63) is 23.7 Å². The highest BCUT2D eigenvalue weighted by Gasteiger charge is 2.28. The minimum absolute atomic E-state index is 0.325. The average Bonchev–Trinajstić information content (AvgIpc) is 2.99. The van der Waals surface area contributed by atoms with Crippen LogP contribution in [0, 0.1) is 0 Å². The number of nitrogens with one attached hydrogen (secondary N) is 1. The van der Waals surface area contributed by atoms with Gasteiger partial charge in [0.1, 0.15) is 11.5 Å². The summed E-state index contributed by atoms with van der Waals surface area (Å²) >= 11 is 0. The second-order valence-electron chi connectivity index (χ2n) is 5.39. The van der Waals surface area contributed by atoms with E-state index in [9.17, 15) is 0 Å². The van der Waals surface area contributed by atoms with Gasteiger partial charge in [0, 0.05) is 12.6 Å². The van der Waals surface area contributed by atoms with E-state index >= 15 is 0 Å². The van der Waals surface area contributed by atoms with Gasteiger partial charge in [0.25, 0.3) is 0 Å². The first-order valence-electron chi connectivity index (χ1n) is 7.31. The van der Waals surface area contributed by atoms with Gasteiger partial charge in [0.2, 0.25) is 0 Å². The molecule has 2 rings (SSSR count). The van der Waals surface area contributed by atoms with Gasteiger partial charge in [0.05, 0.1) is 19.2 Å². The van der Waals surface area contributed by atoms with Crippen LogP contribution in [0.4, 0.5) is 0 Å². The lowest BCUT2D eigenvalue weighted by Gasteiger charge is -2.25. The molecule has 1 aliphatic rings. The summed E-state index contributed by atoms with van der Waals surface area (Å²) in [4.78, 5) is 2.33. The molecule has 1 aliphatic heterocycles. The lowest BCUT2D eigenvalue weighted by Crippen LogP contribution is -2.36. The van der Waals surface area contributed by atoms with Crippen LogP contribution in [-0.2, 0) is 17.8 Å². The third-order valence-corrected chi connectivity index (χ3v) is 3.75. The monoisotopic (exact) mass is 266 g/mol. The summed E-state index contributed by atoms with van der Waals surface area (Å²) in [6.45, 7) is 7.90. The van der Waals surface area contributed by atoms with Crippen molar-refractivity contribution in [2.75, 3.05) is 20.2 Å². The van der Waals surface area contributed by atoms with Crippen molar-refractivity contribution < 1.29 is 9.15 Å². The predicted molar refractivity (Wildman–Crippen MR) is 76.0 cm³/mol. The minimum Gasteiger partial charge on any atom is -0.463 e. The Morgan fingerprint density at radius 2 is 2.16 bits per heavy atom. The first kappa shape index (κ1) is 14.6. The quantitative estimate of drug-likeness (QED) is 0.769. The maximum absolute atomic E-state index is 5.85. The molecule has 1 saturated heterocycles. The summed E-state index contributed by atoms with van der Waals surface area (Å²) in [7, 11) is 2.15. The molecule has 0 radical (unpaired) electrons. The van der Waals surface area contributed by atoms with Crippen LogP contribution in [0.15, 0.2) is 16.5 Å². The van der Waals surface area contributed by atoms with Crippen molar-refractivity contribution in [3.63, 3.8) is 0 Å². The van der Waals surface area contributed by atoms with Gasteiger partial charge in [-0.2, -0.15) is 0 Å². The number of likely N-dealkylation sites (N-methyl/N-ethyl adjacent to an activating group) is 1. The van der Waals surface area contributed by atoms with Crippen LogP contribution in [-0.4, -0.2) is 37.2 Å². The van der Waals surface area contributed by atoms with Crippen molar-refractivity contribution in [2.45, 2.75) is 51.9 Å². The van der Waals surface area contributed by atoms with Crippen LogP contribution >= 0.6 is 0 Å². The van der Waals surface area contributed by atoms with Crippen LogP contribution < -0.4 is 5.32 Å². The number of furan rings is 1. The molecule has 108 valence electrons. The minimum atomic E-state index is 0.325. The number of ether oxygens (including phenoxy) is 1. The standard InChI is InChI=1S/C15H26N2O2/c1-4-8-16-10-13-5-6-14(19-13)11-17(3)15-7-9-18-12(15)2/h5-6,12,15-16H,4,7-11H2,1-3H3. The Morgan fingerprint density at radius 1 is 1.37 bits per heavy atom. The molecule has 1 fully saturated rings. The molecule has 1 aromatic heterocycles. The summed E-state index contributed by atoms with van der Waals surface area (Å²) in [6.07, 6.45) is 2.59. The van der Waals surface area contributed by atoms with Gasteiger partial charge >= 0.3 is 0 Å². The normalized spacial score (nSPS) is 23.4. The van der Waals surface area contributed by atoms with E-state index in [0.717, 1.165) is 50.6 Å². The molecule has 0 aliphatic carbocycles. The molecule has 1 N–H and O–H groups in total. The molecule has 0 spiro atoms. The molecule has 2 heterocycles. The molecule has 2 unspecified atom stereocenters. The summed E-state index contributed by atoms with van der Waals surface area (Å²) in [5.41, 5.74) is 0.